The maximum absolute atomic E-state index is 13.8. The Morgan fingerprint density at radius 1 is 0.581 bits per heavy atom. The van der Waals surface area contributed by atoms with Gasteiger partial charge in [0.2, 0.25) is 21.5 Å². The van der Waals surface area contributed by atoms with Gasteiger partial charge in [0.15, 0.2) is 21.4 Å². The van der Waals surface area contributed by atoms with Crippen LogP contribution in [0.3, 0.4) is 0 Å². The van der Waals surface area contributed by atoms with Crippen molar-refractivity contribution in [2.45, 2.75) is 9.79 Å². The van der Waals surface area contributed by atoms with E-state index < -0.39 is 97.5 Å². The molecule has 0 N–H and O–H groups in total. The van der Waals surface area contributed by atoms with E-state index in [1.54, 1.807) is 0 Å². The van der Waals surface area contributed by atoms with E-state index in [-0.39, 0.29) is 0 Å². The zero-order valence-corrected chi connectivity index (χ0v) is 14.8. The maximum Gasteiger partial charge on any atom is 0.385 e. The number of sulfone groups is 1. The molecule has 0 fully saturated rings. The number of nitro groups is 4. The van der Waals surface area contributed by atoms with Crippen LogP contribution in [0.4, 0.5) is 40.3 Å². The van der Waals surface area contributed by atoms with Gasteiger partial charge < -0.3 is 0 Å². The predicted molar refractivity (Wildman–Crippen MR) is 84.8 cm³/mol. The zero-order valence-electron chi connectivity index (χ0n) is 13.9. The van der Waals surface area contributed by atoms with Crippen LogP contribution in [0.1, 0.15) is 0 Å². The third kappa shape index (κ3) is 3.56. The molecule has 0 radical (unpaired) electrons. The molecule has 2 rings (SSSR count). The summed E-state index contributed by atoms with van der Waals surface area (Å²) in [5.41, 5.74) is -9.04. The first-order chi connectivity index (χ1) is 14.1. The number of hydrogen-bond acceptors (Lipinski definition) is 10. The maximum atomic E-state index is 13.8. The van der Waals surface area contributed by atoms with Crippen LogP contribution < -0.4 is 0 Å². The molecule has 0 saturated carbocycles. The van der Waals surface area contributed by atoms with Gasteiger partial charge in [0.1, 0.15) is 0 Å². The quantitative estimate of drug-likeness (QED) is 0.261. The summed E-state index contributed by atoms with van der Waals surface area (Å²) in [4.78, 5) is 32.6. The van der Waals surface area contributed by atoms with Crippen molar-refractivity contribution >= 4 is 32.6 Å². The summed E-state index contributed by atoms with van der Waals surface area (Å²) < 4.78 is 80.4. The fourth-order valence-electron chi connectivity index (χ4n) is 2.38. The normalized spacial score (nSPS) is 11.2. The Bertz CT molecular complexity index is 1220. The van der Waals surface area contributed by atoms with E-state index in [0.717, 1.165) is 0 Å². The third-order valence-corrected chi connectivity index (χ3v) is 5.36. The van der Waals surface area contributed by atoms with E-state index in [0.29, 0.717) is 0 Å². The van der Waals surface area contributed by atoms with Crippen molar-refractivity contribution in [1.29, 1.82) is 0 Å². The van der Waals surface area contributed by atoms with Crippen molar-refractivity contribution in [2.75, 3.05) is 0 Å². The number of halogens is 4. The largest absolute Gasteiger partial charge is 0.385 e. The minimum Gasteiger partial charge on any atom is -0.258 e. The van der Waals surface area contributed by atoms with Gasteiger partial charge in [-0.2, -0.15) is 8.78 Å². The van der Waals surface area contributed by atoms with Crippen LogP contribution >= 0.6 is 0 Å². The summed E-state index contributed by atoms with van der Waals surface area (Å²) in [6.45, 7) is 0. The van der Waals surface area contributed by atoms with Crippen LogP contribution in [0.5, 0.6) is 0 Å². The summed E-state index contributed by atoms with van der Waals surface area (Å²) in [7, 11) is -5.99. The Balaban J connectivity index is 3.16. The molecule has 0 bridgehead atoms. The first-order valence-corrected chi connectivity index (χ1v) is 8.49. The van der Waals surface area contributed by atoms with E-state index in [9.17, 15) is 66.4 Å². The van der Waals surface area contributed by atoms with Gasteiger partial charge in [0, 0.05) is 12.1 Å². The summed E-state index contributed by atoms with van der Waals surface area (Å²) in [5.74, 6) is -9.62. The van der Waals surface area contributed by atoms with E-state index in [1.807, 2.05) is 0 Å². The SMILES string of the molecule is O=[N+]([O-])c1c(S(=O)(=O)c2cc(F)c(F)c([N+](=O)[O-])c2[N+](=O)[O-])cc(F)c(F)c1[N+](=O)[O-]. The number of nitro benzene ring substituents is 4. The molecule has 0 aliphatic heterocycles. The average molecular weight is 470 g/mol. The fourth-order valence-corrected chi connectivity index (χ4v) is 3.98. The highest BCUT2D eigenvalue weighted by molar-refractivity contribution is 7.91. The number of benzene rings is 2. The van der Waals surface area contributed by atoms with Crippen molar-refractivity contribution in [1.82, 2.24) is 0 Å². The molecular weight excluding hydrogens is 468 g/mol. The highest BCUT2D eigenvalue weighted by Crippen LogP contribution is 2.44. The zero-order chi connectivity index (χ0) is 24.0. The van der Waals surface area contributed by atoms with Gasteiger partial charge in [-0.1, -0.05) is 0 Å². The highest BCUT2D eigenvalue weighted by atomic mass is 32.2. The molecule has 0 aliphatic carbocycles. The van der Waals surface area contributed by atoms with Crippen molar-refractivity contribution < 1.29 is 45.7 Å². The van der Waals surface area contributed by atoms with E-state index in [1.165, 1.54) is 0 Å². The van der Waals surface area contributed by atoms with E-state index >= 15 is 0 Å². The Labute approximate surface area is 164 Å². The van der Waals surface area contributed by atoms with Crippen LogP contribution in [-0.2, 0) is 9.84 Å². The van der Waals surface area contributed by atoms with Gasteiger partial charge >= 0.3 is 22.7 Å². The number of nitrogens with zero attached hydrogens (tertiary/aromatic N) is 4. The number of rotatable bonds is 6. The van der Waals surface area contributed by atoms with Gasteiger partial charge in [-0.05, 0) is 0 Å². The average Bonchev–Trinajstić information content (AvgIpc) is 2.63. The van der Waals surface area contributed by atoms with Crippen molar-refractivity contribution in [3.8, 4) is 0 Å². The molecule has 2 aromatic rings. The lowest BCUT2D eigenvalue weighted by Gasteiger charge is -2.08. The van der Waals surface area contributed by atoms with Crippen LogP contribution in [0.2, 0.25) is 0 Å². The molecule has 164 valence electrons. The standard InChI is InChI=1S/C12H2F4N4O10S/c13-3-1-5(9(17(21)22)11(7(3)15)19(25)26)31(29,30)6-2-4(14)8(16)12(20(27)28)10(6)18(23)24/h1-2H. The summed E-state index contributed by atoms with van der Waals surface area (Å²) >= 11 is 0. The predicted octanol–water partition coefficient (Wildman–Crippen LogP) is 2.71. The molecule has 19 heteroatoms. The molecule has 14 nitrogen and oxygen atoms in total. The van der Waals surface area contributed by atoms with Crippen molar-refractivity contribution in [3.63, 3.8) is 0 Å². The highest BCUT2D eigenvalue weighted by Gasteiger charge is 2.46. The molecule has 0 aliphatic rings. The van der Waals surface area contributed by atoms with Crippen molar-refractivity contribution in [3.05, 3.63) is 75.9 Å². The summed E-state index contributed by atoms with van der Waals surface area (Å²) in [6.07, 6.45) is 0. The van der Waals surface area contributed by atoms with Crippen LogP contribution in [0.15, 0.2) is 21.9 Å². The molecule has 0 heterocycles. The Kier molecular flexibility index (Phi) is 5.57. The van der Waals surface area contributed by atoms with Gasteiger partial charge in [0.05, 0.1) is 19.7 Å². The Morgan fingerprint density at radius 2 is 0.839 bits per heavy atom. The smallest absolute Gasteiger partial charge is 0.258 e. The second kappa shape index (κ2) is 7.51. The molecule has 2 aromatic carbocycles. The molecule has 0 spiro atoms. The first kappa shape index (κ1) is 23.0. The van der Waals surface area contributed by atoms with Gasteiger partial charge in [-0.15, -0.1) is 0 Å². The first-order valence-electron chi connectivity index (χ1n) is 7.01. The molecule has 0 saturated heterocycles. The van der Waals surface area contributed by atoms with Crippen LogP contribution in [0, 0.1) is 63.7 Å². The molecule has 0 atom stereocenters. The second-order valence-corrected chi connectivity index (χ2v) is 7.15. The fraction of sp³-hybridized carbons (Fsp3) is 0. The Morgan fingerprint density at radius 3 is 1.06 bits per heavy atom. The lowest BCUT2D eigenvalue weighted by molar-refractivity contribution is -0.426. The van der Waals surface area contributed by atoms with Gasteiger partial charge in [0.25, 0.3) is 0 Å². The lowest BCUT2D eigenvalue weighted by Crippen LogP contribution is -2.14. The summed E-state index contributed by atoms with van der Waals surface area (Å²) in [6, 6.07) is -0.959. The molecule has 0 amide bonds. The van der Waals surface area contributed by atoms with Gasteiger partial charge in [-0.3, -0.25) is 40.5 Å². The molecule has 0 aromatic heterocycles. The van der Waals surface area contributed by atoms with Crippen LogP contribution in [-0.4, -0.2) is 28.1 Å². The molecular formula is C12H2F4N4O10S. The lowest BCUT2D eigenvalue weighted by atomic mass is 10.2. The van der Waals surface area contributed by atoms with Gasteiger partial charge in [-0.25, -0.2) is 17.2 Å². The second-order valence-electron chi connectivity index (χ2n) is 5.27. The van der Waals surface area contributed by atoms with Crippen LogP contribution in [0.25, 0.3) is 0 Å². The van der Waals surface area contributed by atoms with E-state index in [2.05, 4.69) is 0 Å². The minimum absolute atomic E-state index is 0.480. The Hall–Kier alpha value is -4.29. The third-order valence-electron chi connectivity index (χ3n) is 3.58. The minimum atomic E-state index is -5.99. The number of hydrogen-bond donors (Lipinski definition) is 0. The van der Waals surface area contributed by atoms with Crippen molar-refractivity contribution in [2.24, 2.45) is 0 Å². The topological polar surface area (TPSA) is 207 Å². The molecule has 0 unspecified atom stereocenters. The molecule has 31 heavy (non-hydrogen) atoms. The summed E-state index contributed by atoms with van der Waals surface area (Å²) in [5, 5.41) is 44.2. The monoisotopic (exact) mass is 470 g/mol. The van der Waals surface area contributed by atoms with E-state index in [4.69, 9.17) is 0 Å².